The van der Waals surface area contributed by atoms with Crippen molar-refractivity contribution in [2.24, 2.45) is 11.1 Å². The molecule has 0 aliphatic heterocycles. The number of hydrogen-bond acceptors (Lipinski definition) is 2. The van der Waals surface area contributed by atoms with Crippen molar-refractivity contribution >= 4 is 0 Å². The van der Waals surface area contributed by atoms with E-state index in [0.717, 1.165) is 12.1 Å². The summed E-state index contributed by atoms with van der Waals surface area (Å²) < 4.78 is 0. The van der Waals surface area contributed by atoms with Crippen LogP contribution < -0.4 is 11.1 Å². The van der Waals surface area contributed by atoms with Crippen LogP contribution in [0.4, 0.5) is 0 Å². The van der Waals surface area contributed by atoms with Crippen molar-refractivity contribution in [1.82, 2.24) is 5.32 Å². The second-order valence-corrected chi connectivity index (χ2v) is 6.38. The van der Waals surface area contributed by atoms with E-state index in [2.05, 4.69) is 19.2 Å². The molecular weight excluding hydrogens is 184 g/mol. The summed E-state index contributed by atoms with van der Waals surface area (Å²) in [7, 11) is 0. The van der Waals surface area contributed by atoms with Crippen molar-refractivity contribution in [2.45, 2.75) is 76.9 Å². The third-order valence-corrected chi connectivity index (χ3v) is 4.21. The fourth-order valence-electron chi connectivity index (χ4n) is 3.20. The molecule has 15 heavy (non-hydrogen) atoms. The van der Waals surface area contributed by atoms with E-state index in [9.17, 15) is 0 Å². The molecule has 0 amide bonds. The highest BCUT2D eigenvalue weighted by molar-refractivity contribution is 4.89. The molecule has 88 valence electrons. The zero-order valence-corrected chi connectivity index (χ0v) is 10.3. The Bertz CT molecular complexity index is 205. The molecule has 1 unspecified atom stereocenters. The molecule has 2 saturated carbocycles. The van der Waals surface area contributed by atoms with Crippen LogP contribution in [0.5, 0.6) is 0 Å². The first-order chi connectivity index (χ1) is 7.05. The number of nitrogens with two attached hydrogens (primary N) is 1. The van der Waals surface area contributed by atoms with Gasteiger partial charge in [0.05, 0.1) is 0 Å². The summed E-state index contributed by atoms with van der Waals surface area (Å²) in [5.74, 6) is 0. The Morgan fingerprint density at radius 3 is 2.20 bits per heavy atom. The average Bonchev–Trinajstić information content (AvgIpc) is 2.50. The Morgan fingerprint density at radius 1 is 1.00 bits per heavy atom. The molecule has 2 aliphatic rings. The van der Waals surface area contributed by atoms with E-state index in [4.69, 9.17) is 5.73 Å². The van der Waals surface area contributed by atoms with Crippen molar-refractivity contribution in [3.8, 4) is 0 Å². The van der Waals surface area contributed by atoms with Crippen LogP contribution in [0.3, 0.4) is 0 Å². The molecule has 1 atom stereocenters. The van der Waals surface area contributed by atoms with Gasteiger partial charge in [-0.2, -0.15) is 0 Å². The Balaban J connectivity index is 1.74. The smallest absolute Gasteiger partial charge is 0.00749 e. The monoisotopic (exact) mass is 210 g/mol. The highest BCUT2D eigenvalue weighted by Crippen LogP contribution is 2.37. The Labute approximate surface area is 94.0 Å². The maximum absolute atomic E-state index is 5.92. The molecule has 0 bridgehead atoms. The zero-order chi connectivity index (χ0) is 10.9. The van der Waals surface area contributed by atoms with Crippen LogP contribution in [0.2, 0.25) is 0 Å². The first-order valence-electron chi connectivity index (χ1n) is 6.57. The first-order valence-corrected chi connectivity index (χ1v) is 6.57. The van der Waals surface area contributed by atoms with Crippen molar-refractivity contribution in [3.63, 3.8) is 0 Å². The van der Waals surface area contributed by atoms with Gasteiger partial charge in [-0.05, 0) is 50.4 Å². The average molecular weight is 210 g/mol. The second kappa shape index (κ2) is 4.42. The largest absolute Gasteiger partial charge is 0.328 e. The van der Waals surface area contributed by atoms with Crippen molar-refractivity contribution < 1.29 is 0 Å². The highest BCUT2D eigenvalue weighted by Gasteiger charge is 2.32. The summed E-state index contributed by atoms with van der Waals surface area (Å²) in [6.45, 7) is 4.79. The fourth-order valence-corrected chi connectivity index (χ4v) is 3.20. The lowest BCUT2D eigenvalue weighted by molar-refractivity contribution is 0.300. The van der Waals surface area contributed by atoms with E-state index in [1.54, 1.807) is 0 Å². The zero-order valence-electron chi connectivity index (χ0n) is 10.3. The Hall–Kier alpha value is -0.0800. The van der Waals surface area contributed by atoms with Gasteiger partial charge in [0.2, 0.25) is 0 Å². The van der Waals surface area contributed by atoms with Gasteiger partial charge < -0.3 is 11.1 Å². The van der Waals surface area contributed by atoms with Crippen LogP contribution in [0.1, 0.15) is 58.8 Å². The van der Waals surface area contributed by atoms with Crippen LogP contribution in [-0.4, -0.2) is 18.1 Å². The van der Waals surface area contributed by atoms with Crippen LogP contribution in [0.25, 0.3) is 0 Å². The standard InChI is InChI=1S/C13H26N2/c1-13(2)8-7-12(9-13)15-11-5-3-10(14)4-6-11/h10-12,15H,3-9,14H2,1-2H3. The van der Waals surface area contributed by atoms with Crippen molar-refractivity contribution in [3.05, 3.63) is 0 Å². The summed E-state index contributed by atoms with van der Waals surface area (Å²) in [5, 5.41) is 3.84. The topological polar surface area (TPSA) is 38.0 Å². The molecule has 0 heterocycles. The summed E-state index contributed by atoms with van der Waals surface area (Å²) in [6.07, 6.45) is 9.12. The third-order valence-electron chi connectivity index (χ3n) is 4.21. The Morgan fingerprint density at radius 2 is 1.67 bits per heavy atom. The first kappa shape index (κ1) is 11.4. The van der Waals surface area contributed by atoms with Gasteiger partial charge in [0.25, 0.3) is 0 Å². The summed E-state index contributed by atoms with van der Waals surface area (Å²) >= 11 is 0. The lowest BCUT2D eigenvalue weighted by Gasteiger charge is -2.30. The van der Waals surface area contributed by atoms with E-state index in [1.165, 1.54) is 44.9 Å². The molecular formula is C13H26N2. The van der Waals surface area contributed by atoms with Crippen molar-refractivity contribution in [2.75, 3.05) is 0 Å². The van der Waals surface area contributed by atoms with Gasteiger partial charge in [-0.3, -0.25) is 0 Å². The number of nitrogens with one attached hydrogen (secondary N) is 1. The summed E-state index contributed by atoms with van der Waals surface area (Å²) in [4.78, 5) is 0. The molecule has 2 heteroatoms. The second-order valence-electron chi connectivity index (χ2n) is 6.38. The van der Waals surface area contributed by atoms with E-state index in [-0.39, 0.29) is 0 Å². The fraction of sp³-hybridized carbons (Fsp3) is 1.00. The third kappa shape index (κ3) is 3.18. The van der Waals surface area contributed by atoms with Crippen LogP contribution in [-0.2, 0) is 0 Å². The molecule has 3 N–H and O–H groups in total. The van der Waals surface area contributed by atoms with E-state index in [1.807, 2.05) is 0 Å². The highest BCUT2D eigenvalue weighted by atomic mass is 15.0. The van der Waals surface area contributed by atoms with E-state index < -0.39 is 0 Å². The summed E-state index contributed by atoms with van der Waals surface area (Å²) in [5.41, 5.74) is 6.49. The van der Waals surface area contributed by atoms with Gasteiger partial charge >= 0.3 is 0 Å². The lowest BCUT2D eigenvalue weighted by Crippen LogP contribution is -2.42. The molecule has 2 nitrogen and oxygen atoms in total. The normalized spacial score (nSPS) is 40.6. The minimum atomic E-state index is 0.475. The molecule has 2 aliphatic carbocycles. The Kier molecular flexibility index (Phi) is 3.36. The maximum atomic E-state index is 5.92. The predicted octanol–water partition coefficient (Wildman–Crippen LogP) is 2.42. The van der Waals surface area contributed by atoms with Gasteiger partial charge in [0, 0.05) is 18.1 Å². The van der Waals surface area contributed by atoms with Gasteiger partial charge in [-0.1, -0.05) is 13.8 Å². The molecule has 0 spiro atoms. The van der Waals surface area contributed by atoms with Crippen LogP contribution >= 0.6 is 0 Å². The SMILES string of the molecule is CC1(C)CCC(NC2CCC(N)CC2)C1. The maximum Gasteiger partial charge on any atom is 0.00749 e. The number of hydrogen-bond donors (Lipinski definition) is 2. The predicted molar refractivity (Wildman–Crippen MR) is 64.8 cm³/mol. The molecule has 0 aromatic heterocycles. The molecule has 0 saturated heterocycles. The van der Waals surface area contributed by atoms with E-state index >= 15 is 0 Å². The minimum Gasteiger partial charge on any atom is -0.328 e. The molecule has 2 fully saturated rings. The number of rotatable bonds is 2. The van der Waals surface area contributed by atoms with E-state index in [0.29, 0.717) is 11.5 Å². The minimum absolute atomic E-state index is 0.475. The molecule has 0 aromatic rings. The van der Waals surface area contributed by atoms with Gasteiger partial charge in [-0.15, -0.1) is 0 Å². The van der Waals surface area contributed by atoms with Crippen molar-refractivity contribution in [1.29, 1.82) is 0 Å². The van der Waals surface area contributed by atoms with Gasteiger partial charge in [0.15, 0.2) is 0 Å². The molecule has 0 aromatic carbocycles. The quantitative estimate of drug-likeness (QED) is 0.734. The van der Waals surface area contributed by atoms with Crippen LogP contribution in [0, 0.1) is 5.41 Å². The van der Waals surface area contributed by atoms with Gasteiger partial charge in [-0.25, -0.2) is 0 Å². The van der Waals surface area contributed by atoms with Crippen LogP contribution in [0.15, 0.2) is 0 Å². The lowest BCUT2D eigenvalue weighted by atomic mass is 9.90. The molecule has 2 rings (SSSR count). The van der Waals surface area contributed by atoms with Gasteiger partial charge in [0.1, 0.15) is 0 Å². The summed E-state index contributed by atoms with van der Waals surface area (Å²) in [6, 6.07) is 2.01. The molecule has 0 radical (unpaired) electrons.